The highest BCUT2D eigenvalue weighted by Crippen LogP contribution is 2.41. The molecular formula is C23H22F3N5O2. The fraction of sp³-hybridized carbons (Fsp3) is 0.304. The minimum absolute atomic E-state index is 0.0215. The normalized spacial score (nSPS) is 15.2. The number of hydrogen-bond donors (Lipinski definition) is 2. The van der Waals surface area contributed by atoms with Crippen LogP contribution in [-0.2, 0) is 0 Å². The number of alkyl halides is 2. The summed E-state index contributed by atoms with van der Waals surface area (Å²) >= 11 is 0. The fourth-order valence-corrected chi connectivity index (χ4v) is 3.62. The lowest BCUT2D eigenvalue weighted by Crippen LogP contribution is -2.27. The van der Waals surface area contributed by atoms with E-state index in [1.807, 2.05) is 13.8 Å². The number of carbonyl (C=O) groups is 1. The Morgan fingerprint density at radius 1 is 1.15 bits per heavy atom. The van der Waals surface area contributed by atoms with Gasteiger partial charge in [0.15, 0.2) is 5.82 Å². The van der Waals surface area contributed by atoms with Crippen molar-refractivity contribution < 1.29 is 23.1 Å². The third-order valence-electron chi connectivity index (χ3n) is 5.34. The molecule has 0 aliphatic carbocycles. The zero-order chi connectivity index (χ0) is 23.8. The van der Waals surface area contributed by atoms with Crippen molar-refractivity contribution >= 4 is 17.4 Å². The number of hydrogen-bond acceptors (Lipinski definition) is 6. The van der Waals surface area contributed by atoms with Gasteiger partial charge in [-0.25, -0.2) is 28.1 Å². The van der Waals surface area contributed by atoms with Crippen molar-refractivity contribution in [2.24, 2.45) is 0 Å². The van der Waals surface area contributed by atoms with Crippen LogP contribution in [0.5, 0.6) is 5.75 Å². The molecule has 10 heteroatoms. The zero-order valence-corrected chi connectivity index (χ0v) is 18.0. The van der Waals surface area contributed by atoms with E-state index >= 15 is 0 Å². The van der Waals surface area contributed by atoms with Crippen LogP contribution in [-0.4, -0.2) is 45.0 Å². The molecule has 3 aromatic rings. The number of amides is 1. The Labute approximate surface area is 188 Å². The Hall–Kier alpha value is -3.69. The highest BCUT2D eigenvalue weighted by molar-refractivity contribution is 6.08. The number of nitrogens with one attached hydrogen (secondary N) is 1. The van der Waals surface area contributed by atoms with E-state index < -0.39 is 24.2 Å². The predicted octanol–water partition coefficient (Wildman–Crippen LogP) is 4.60. The third kappa shape index (κ3) is 4.74. The summed E-state index contributed by atoms with van der Waals surface area (Å²) in [7, 11) is 0. The first-order valence-electron chi connectivity index (χ1n) is 10.4. The first-order chi connectivity index (χ1) is 15.6. The molecule has 1 aliphatic heterocycles. The number of benzene rings is 1. The molecular weight excluding hydrogens is 435 g/mol. The molecule has 4 rings (SSSR count). The Bertz CT molecular complexity index is 1190. The summed E-state index contributed by atoms with van der Waals surface area (Å²) in [5, 5.41) is 13.0. The summed E-state index contributed by atoms with van der Waals surface area (Å²) < 4.78 is 41.8. The molecule has 0 radical (unpaired) electrons. The number of anilines is 2. The SMILES string of the molecule is CC(C)c1ncc(C(=O)Nc2c(-c3cc(F)ccc3O)ccnc2N2CCC(F)(F)C2)cn1. The first kappa shape index (κ1) is 22.5. The van der Waals surface area contributed by atoms with Crippen LogP contribution < -0.4 is 10.2 Å². The molecule has 0 saturated carbocycles. The highest BCUT2D eigenvalue weighted by Gasteiger charge is 2.40. The minimum atomic E-state index is -2.90. The van der Waals surface area contributed by atoms with Gasteiger partial charge in [0.05, 0.1) is 17.8 Å². The van der Waals surface area contributed by atoms with Crippen molar-refractivity contribution in [3.05, 3.63) is 60.1 Å². The van der Waals surface area contributed by atoms with E-state index in [0.29, 0.717) is 5.82 Å². The molecule has 3 heterocycles. The summed E-state index contributed by atoms with van der Waals surface area (Å²) in [6.07, 6.45) is 3.75. The lowest BCUT2D eigenvalue weighted by atomic mass is 10.0. The molecule has 33 heavy (non-hydrogen) atoms. The van der Waals surface area contributed by atoms with Gasteiger partial charge in [0.25, 0.3) is 11.8 Å². The van der Waals surface area contributed by atoms with Gasteiger partial charge >= 0.3 is 0 Å². The molecule has 2 N–H and O–H groups in total. The third-order valence-corrected chi connectivity index (χ3v) is 5.34. The molecule has 0 spiro atoms. The van der Waals surface area contributed by atoms with E-state index in [-0.39, 0.29) is 52.8 Å². The fourth-order valence-electron chi connectivity index (χ4n) is 3.62. The topological polar surface area (TPSA) is 91.2 Å². The standard InChI is InChI=1S/C23H22F3N5O2/c1-13(2)20-28-10-14(11-29-20)22(33)30-19-16(17-9-15(24)3-4-18(17)32)5-7-27-21(19)31-8-6-23(25,26)12-31/h3-5,7,9-11,13,32H,6,8,12H2,1-2H3,(H,30,33). The summed E-state index contributed by atoms with van der Waals surface area (Å²) in [4.78, 5) is 26.9. The number of nitrogens with zero attached hydrogens (tertiary/aromatic N) is 4. The minimum Gasteiger partial charge on any atom is -0.507 e. The Kier molecular flexibility index (Phi) is 5.92. The van der Waals surface area contributed by atoms with Crippen molar-refractivity contribution in [1.82, 2.24) is 15.0 Å². The zero-order valence-electron chi connectivity index (χ0n) is 18.0. The highest BCUT2D eigenvalue weighted by atomic mass is 19.3. The van der Waals surface area contributed by atoms with Crippen molar-refractivity contribution in [3.63, 3.8) is 0 Å². The molecule has 172 valence electrons. The van der Waals surface area contributed by atoms with Gasteiger partial charge in [0, 0.05) is 48.6 Å². The maximum atomic E-state index is 14.0. The van der Waals surface area contributed by atoms with E-state index in [1.54, 1.807) is 0 Å². The molecule has 1 saturated heterocycles. The maximum absolute atomic E-state index is 14.0. The second kappa shape index (κ2) is 8.68. The van der Waals surface area contributed by atoms with Crippen LogP contribution in [0, 0.1) is 5.82 Å². The molecule has 1 aromatic carbocycles. The van der Waals surface area contributed by atoms with Crippen LogP contribution in [0.4, 0.5) is 24.7 Å². The predicted molar refractivity (Wildman–Crippen MR) is 117 cm³/mol. The Morgan fingerprint density at radius 3 is 2.52 bits per heavy atom. The van der Waals surface area contributed by atoms with Crippen molar-refractivity contribution in [3.8, 4) is 16.9 Å². The average Bonchev–Trinajstić information content (AvgIpc) is 3.15. The van der Waals surface area contributed by atoms with Gasteiger partial charge in [0.1, 0.15) is 17.4 Å². The lowest BCUT2D eigenvalue weighted by molar-refractivity contribution is 0.0257. The van der Waals surface area contributed by atoms with Crippen LogP contribution in [0.25, 0.3) is 11.1 Å². The van der Waals surface area contributed by atoms with Crippen molar-refractivity contribution in [2.45, 2.75) is 32.1 Å². The Morgan fingerprint density at radius 2 is 1.88 bits per heavy atom. The summed E-state index contributed by atoms with van der Waals surface area (Å²) in [5.41, 5.74) is 0.552. The summed E-state index contributed by atoms with van der Waals surface area (Å²) in [6, 6.07) is 4.84. The van der Waals surface area contributed by atoms with E-state index in [2.05, 4.69) is 20.3 Å². The summed E-state index contributed by atoms with van der Waals surface area (Å²) in [6.45, 7) is 3.28. The van der Waals surface area contributed by atoms with Crippen LogP contribution in [0.15, 0.2) is 42.9 Å². The first-order valence-corrected chi connectivity index (χ1v) is 10.4. The molecule has 2 aromatic heterocycles. The smallest absolute Gasteiger partial charge is 0.266 e. The van der Waals surface area contributed by atoms with Gasteiger partial charge in [0.2, 0.25) is 0 Å². The number of pyridine rings is 1. The van der Waals surface area contributed by atoms with Crippen LogP contribution in [0.1, 0.15) is 42.4 Å². The number of phenols is 1. The summed E-state index contributed by atoms with van der Waals surface area (Å²) in [5.74, 6) is -3.60. The van der Waals surface area contributed by atoms with Crippen LogP contribution in [0.2, 0.25) is 0 Å². The van der Waals surface area contributed by atoms with Gasteiger partial charge < -0.3 is 15.3 Å². The largest absolute Gasteiger partial charge is 0.507 e. The number of carbonyl (C=O) groups excluding carboxylic acids is 1. The van der Waals surface area contributed by atoms with Crippen molar-refractivity contribution in [1.29, 1.82) is 0 Å². The van der Waals surface area contributed by atoms with E-state index in [4.69, 9.17) is 0 Å². The number of halogens is 3. The number of aromatic hydroxyl groups is 1. The molecule has 1 fully saturated rings. The monoisotopic (exact) mass is 457 g/mol. The number of rotatable bonds is 5. The van der Waals surface area contributed by atoms with Gasteiger partial charge in [-0.3, -0.25) is 4.79 Å². The van der Waals surface area contributed by atoms with E-state index in [1.165, 1.54) is 35.6 Å². The lowest BCUT2D eigenvalue weighted by Gasteiger charge is -2.23. The second-order valence-electron chi connectivity index (χ2n) is 8.18. The molecule has 1 amide bonds. The van der Waals surface area contributed by atoms with Gasteiger partial charge in [-0.2, -0.15) is 0 Å². The van der Waals surface area contributed by atoms with E-state index in [0.717, 1.165) is 12.1 Å². The van der Waals surface area contributed by atoms with Gasteiger partial charge in [-0.15, -0.1) is 0 Å². The Balaban J connectivity index is 1.78. The molecule has 1 aliphatic rings. The number of phenolic OH excluding ortho intramolecular Hbond substituents is 1. The van der Waals surface area contributed by atoms with Crippen LogP contribution in [0.3, 0.4) is 0 Å². The van der Waals surface area contributed by atoms with E-state index in [9.17, 15) is 23.1 Å². The number of aromatic nitrogens is 3. The maximum Gasteiger partial charge on any atom is 0.266 e. The molecule has 0 bridgehead atoms. The molecule has 0 atom stereocenters. The molecule has 7 nitrogen and oxygen atoms in total. The quantitative estimate of drug-likeness (QED) is 0.582. The average molecular weight is 457 g/mol. The van der Waals surface area contributed by atoms with Gasteiger partial charge in [-0.05, 0) is 24.3 Å². The van der Waals surface area contributed by atoms with Gasteiger partial charge in [-0.1, -0.05) is 13.8 Å². The van der Waals surface area contributed by atoms with Crippen LogP contribution >= 0.6 is 0 Å². The van der Waals surface area contributed by atoms with Crippen molar-refractivity contribution in [2.75, 3.05) is 23.3 Å². The second-order valence-corrected chi connectivity index (χ2v) is 8.18. The molecule has 0 unspecified atom stereocenters.